The van der Waals surface area contributed by atoms with Crippen molar-refractivity contribution in [2.45, 2.75) is 13.0 Å². The van der Waals surface area contributed by atoms with Crippen molar-refractivity contribution in [3.8, 4) is 0 Å². The lowest BCUT2D eigenvalue weighted by atomic mass is 10.2. The molecule has 0 atom stereocenters. The highest BCUT2D eigenvalue weighted by Crippen LogP contribution is 2.22. The molecule has 0 spiro atoms. The average molecular weight is 262 g/mol. The predicted octanol–water partition coefficient (Wildman–Crippen LogP) is 1.27. The Labute approximate surface area is 109 Å². The Morgan fingerprint density at radius 2 is 2.26 bits per heavy atom. The molecule has 3 N–H and O–H groups in total. The topological polar surface area (TPSA) is 112 Å². The highest BCUT2D eigenvalue weighted by molar-refractivity contribution is 5.61. The number of hydrogen-bond donors (Lipinski definition) is 2. The van der Waals surface area contributed by atoms with Crippen LogP contribution < -0.4 is 11.1 Å². The number of aromatic nitrogens is 3. The van der Waals surface area contributed by atoms with E-state index in [0.717, 1.165) is 13.0 Å². The number of benzene rings is 1. The third kappa shape index (κ3) is 3.66. The van der Waals surface area contributed by atoms with Gasteiger partial charge in [0.15, 0.2) is 0 Å². The molecule has 0 aliphatic heterocycles. The van der Waals surface area contributed by atoms with E-state index in [1.807, 2.05) is 0 Å². The van der Waals surface area contributed by atoms with E-state index in [9.17, 15) is 10.1 Å². The van der Waals surface area contributed by atoms with Gasteiger partial charge in [-0.3, -0.25) is 14.8 Å². The van der Waals surface area contributed by atoms with Crippen LogP contribution in [0, 0.1) is 10.1 Å². The minimum absolute atomic E-state index is 0.0150. The second-order valence-electron chi connectivity index (χ2n) is 4.02. The number of nitro groups is 1. The number of nitrogens with two attached hydrogens (primary N) is 1. The van der Waals surface area contributed by atoms with Crippen molar-refractivity contribution in [1.29, 1.82) is 0 Å². The Kier molecular flexibility index (Phi) is 3.91. The first-order chi connectivity index (χ1) is 9.15. The van der Waals surface area contributed by atoms with E-state index in [-0.39, 0.29) is 5.69 Å². The van der Waals surface area contributed by atoms with Crippen LogP contribution in [0.2, 0.25) is 0 Å². The third-order valence-electron chi connectivity index (χ3n) is 2.52. The lowest BCUT2D eigenvalue weighted by Gasteiger charge is -2.07. The minimum Gasteiger partial charge on any atom is -0.398 e. The van der Waals surface area contributed by atoms with Crippen molar-refractivity contribution in [1.82, 2.24) is 15.0 Å². The highest BCUT2D eigenvalue weighted by Gasteiger charge is 2.07. The molecule has 0 amide bonds. The summed E-state index contributed by atoms with van der Waals surface area (Å²) >= 11 is 0. The van der Waals surface area contributed by atoms with Crippen LogP contribution in [0.5, 0.6) is 0 Å². The Hall–Kier alpha value is -2.64. The molecular weight excluding hydrogens is 248 g/mol. The van der Waals surface area contributed by atoms with Gasteiger partial charge >= 0.3 is 0 Å². The third-order valence-corrected chi connectivity index (χ3v) is 2.52. The second kappa shape index (κ2) is 5.80. The summed E-state index contributed by atoms with van der Waals surface area (Å²) in [7, 11) is 0. The van der Waals surface area contributed by atoms with Gasteiger partial charge in [-0.2, -0.15) is 0 Å². The van der Waals surface area contributed by atoms with E-state index in [1.54, 1.807) is 23.1 Å². The maximum Gasteiger partial charge on any atom is 0.273 e. The van der Waals surface area contributed by atoms with Crippen LogP contribution in [-0.4, -0.2) is 26.5 Å². The van der Waals surface area contributed by atoms with E-state index < -0.39 is 4.92 Å². The molecule has 1 aromatic heterocycles. The number of rotatable bonds is 6. The van der Waals surface area contributed by atoms with Gasteiger partial charge in [0.05, 0.1) is 11.1 Å². The van der Waals surface area contributed by atoms with Crippen LogP contribution in [0.25, 0.3) is 0 Å². The smallest absolute Gasteiger partial charge is 0.273 e. The minimum atomic E-state index is -0.461. The van der Waals surface area contributed by atoms with Crippen LogP contribution >= 0.6 is 0 Å². The molecule has 2 rings (SSSR count). The van der Waals surface area contributed by atoms with Gasteiger partial charge < -0.3 is 11.1 Å². The van der Waals surface area contributed by atoms with Crippen molar-refractivity contribution in [2.24, 2.45) is 0 Å². The highest BCUT2D eigenvalue weighted by atomic mass is 16.6. The molecule has 0 unspecified atom stereocenters. The van der Waals surface area contributed by atoms with E-state index in [4.69, 9.17) is 5.73 Å². The van der Waals surface area contributed by atoms with Gasteiger partial charge in [0.2, 0.25) is 0 Å². The number of nitrogen functional groups attached to an aromatic ring is 1. The van der Waals surface area contributed by atoms with Crippen LogP contribution in [-0.2, 0) is 6.54 Å². The molecule has 0 radical (unpaired) electrons. The van der Waals surface area contributed by atoms with Gasteiger partial charge in [0.25, 0.3) is 5.69 Å². The lowest BCUT2D eigenvalue weighted by Crippen LogP contribution is -2.07. The number of hydrogen-bond acceptors (Lipinski definition) is 6. The summed E-state index contributed by atoms with van der Waals surface area (Å²) in [5, 5.41) is 21.3. The Morgan fingerprint density at radius 3 is 2.95 bits per heavy atom. The number of nitrogens with zero attached hydrogens (tertiary/aromatic N) is 4. The Bertz CT molecular complexity index is 554. The van der Waals surface area contributed by atoms with Crippen LogP contribution in [0.15, 0.2) is 30.6 Å². The number of nitro benzene ring substituents is 1. The van der Waals surface area contributed by atoms with Crippen LogP contribution in [0.1, 0.15) is 6.42 Å². The zero-order chi connectivity index (χ0) is 13.7. The fourth-order valence-electron chi connectivity index (χ4n) is 1.67. The number of nitrogens with one attached hydrogen (secondary N) is 1. The van der Waals surface area contributed by atoms with Crippen molar-refractivity contribution >= 4 is 17.1 Å². The molecule has 1 heterocycles. The van der Waals surface area contributed by atoms with Gasteiger partial charge in [-0.1, -0.05) is 5.21 Å². The van der Waals surface area contributed by atoms with Crippen molar-refractivity contribution in [2.75, 3.05) is 17.6 Å². The number of anilines is 2. The van der Waals surface area contributed by atoms with Crippen molar-refractivity contribution < 1.29 is 4.92 Å². The molecule has 0 bridgehead atoms. The van der Waals surface area contributed by atoms with Crippen molar-refractivity contribution in [3.05, 3.63) is 40.7 Å². The monoisotopic (exact) mass is 262 g/mol. The molecule has 0 aliphatic carbocycles. The molecule has 8 nitrogen and oxygen atoms in total. The van der Waals surface area contributed by atoms with E-state index in [0.29, 0.717) is 17.9 Å². The molecule has 100 valence electrons. The van der Waals surface area contributed by atoms with Gasteiger partial charge in [0, 0.05) is 42.8 Å². The summed E-state index contributed by atoms with van der Waals surface area (Å²) in [6, 6.07) is 4.47. The van der Waals surface area contributed by atoms with E-state index in [1.165, 1.54) is 12.1 Å². The quantitative estimate of drug-likeness (QED) is 0.351. The normalized spacial score (nSPS) is 10.3. The van der Waals surface area contributed by atoms with Crippen LogP contribution in [0.3, 0.4) is 0 Å². The SMILES string of the molecule is Nc1cc(NCCCn2ccnn2)cc([N+](=O)[O-])c1. The fourth-order valence-corrected chi connectivity index (χ4v) is 1.67. The van der Waals surface area contributed by atoms with Gasteiger partial charge in [0.1, 0.15) is 0 Å². The Morgan fingerprint density at radius 1 is 1.42 bits per heavy atom. The molecule has 8 heteroatoms. The second-order valence-corrected chi connectivity index (χ2v) is 4.02. The van der Waals surface area contributed by atoms with Crippen molar-refractivity contribution in [3.63, 3.8) is 0 Å². The average Bonchev–Trinajstić information content (AvgIpc) is 2.87. The Balaban J connectivity index is 1.87. The fraction of sp³-hybridized carbons (Fsp3) is 0.273. The van der Waals surface area contributed by atoms with E-state index in [2.05, 4.69) is 15.6 Å². The zero-order valence-corrected chi connectivity index (χ0v) is 10.2. The molecular formula is C11H14N6O2. The summed E-state index contributed by atoms with van der Waals surface area (Å²) in [4.78, 5) is 10.2. The maximum absolute atomic E-state index is 10.7. The predicted molar refractivity (Wildman–Crippen MR) is 70.6 cm³/mol. The molecule has 19 heavy (non-hydrogen) atoms. The number of aryl methyl sites for hydroxylation is 1. The molecule has 1 aromatic carbocycles. The maximum atomic E-state index is 10.7. The summed E-state index contributed by atoms with van der Waals surface area (Å²) in [5.74, 6) is 0. The first-order valence-electron chi connectivity index (χ1n) is 5.78. The van der Waals surface area contributed by atoms with E-state index >= 15 is 0 Å². The first kappa shape index (κ1) is 12.8. The molecule has 0 saturated heterocycles. The first-order valence-corrected chi connectivity index (χ1v) is 5.78. The molecule has 2 aromatic rings. The molecule has 0 aliphatic rings. The molecule has 0 fully saturated rings. The van der Waals surface area contributed by atoms with Gasteiger partial charge in [-0.25, -0.2) is 0 Å². The largest absolute Gasteiger partial charge is 0.398 e. The summed E-state index contributed by atoms with van der Waals surface area (Å²) in [6.45, 7) is 1.40. The standard InChI is InChI=1S/C11H14N6O2/c12-9-6-10(8-11(7-9)17(18)19)13-2-1-4-16-5-3-14-15-16/h3,5-8,13H,1-2,4,12H2. The van der Waals surface area contributed by atoms with Crippen LogP contribution in [0.4, 0.5) is 17.1 Å². The van der Waals surface area contributed by atoms with Gasteiger partial charge in [-0.05, 0) is 12.5 Å². The number of non-ortho nitro benzene ring substituents is 1. The summed E-state index contributed by atoms with van der Waals surface area (Å²) in [6.07, 6.45) is 4.23. The summed E-state index contributed by atoms with van der Waals surface area (Å²) in [5.41, 5.74) is 6.61. The lowest BCUT2D eigenvalue weighted by molar-refractivity contribution is -0.384. The molecule has 0 saturated carbocycles. The zero-order valence-electron chi connectivity index (χ0n) is 10.2. The summed E-state index contributed by atoms with van der Waals surface area (Å²) < 4.78 is 1.73. The van der Waals surface area contributed by atoms with Gasteiger partial charge in [-0.15, -0.1) is 5.10 Å².